The van der Waals surface area contributed by atoms with Crippen molar-refractivity contribution in [3.63, 3.8) is 0 Å². The smallest absolute Gasteiger partial charge is 0.0162 e. The lowest BCUT2D eigenvalue weighted by molar-refractivity contribution is 0.323. The molecule has 0 heterocycles. The minimum atomic E-state index is 0.759. The topological polar surface area (TPSA) is 0 Å². The molecule has 0 bridgehead atoms. The molecule has 0 atom stereocenters. The Hall–Kier alpha value is -0.780. The molecule has 1 fully saturated rings. The van der Waals surface area contributed by atoms with Crippen LogP contribution < -0.4 is 0 Å². The first kappa shape index (κ1) is 12.3. The summed E-state index contributed by atoms with van der Waals surface area (Å²) >= 11 is 0. The summed E-state index contributed by atoms with van der Waals surface area (Å²) in [5, 5.41) is 0. The van der Waals surface area contributed by atoms with E-state index in [0.717, 1.165) is 11.8 Å². The molecule has 1 saturated carbocycles. The van der Waals surface area contributed by atoms with Gasteiger partial charge in [0.15, 0.2) is 0 Å². The number of allylic oxidation sites excluding steroid dienone is 5. The highest BCUT2D eigenvalue weighted by Gasteiger charge is 2.19. The van der Waals surface area contributed by atoms with Crippen molar-refractivity contribution in [2.75, 3.05) is 0 Å². The quantitative estimate of drug-likeness (QED) is 0.574. The van der Waals surface area contributed by atoms with E-state index in [1.54, 1.807) is 0 Å². The lowest BCUT2D eigenvalue weighted by Crippen LogP contribution is -2.13. The molecule has 0 radical (unpaired) electrons. The SMILES string of the molecule is C=C/C(=C\C=C(C)C)C1CCC(C)CC1. The predicted molar refractivity (Wildman–Crippen MR) is 68.8 cm³/mol. The van der Waals surface area contributed by atoms with Crippen LogP contribution in [0.2, 0.25) is 0 Å². The zero-order chi connectivity index (χ0) is 11.3. The molecule has 0 spiro atoms. The van der Waals surface area contributed by atoms with Crippen molar-refractivity contribution in [2.24, 2.45) is 11.8 Å². The Labute approximate surface area is 94.8 Å². The van der Waals surface area contributed by atoms with Gasteiger partial charge in [0.05, 0.1) is 0 Å². The Balaban J connectivity index is 2.63. The third-order valence-corrected chi connectivity index (χ3v) is 3.33. The second-order valence-corrected chi connectivity index (χ2v) is 5.07. The van der Waals surface area contributed by atoms with Crippen LogP contribution in [0.1, 0.15) is 46.5 Å². The zero-order valence-electron chi connectivity index (χ0n) is 10.4. The van der Waals surface area contributed by atoms with Gasteiger partial charge >= 0.3 is 0 Å². The van der Waals surface area contributed by atoms with Crippen molar-refractivity contribution in [2.45, 2.75) is 46.5 Å². The Morgan fingerprint density at radius 1 is 1.07 bits per heavy atom. The van der Waals surface area contributed by atoms with Crippen LogP contribution in [0.3, 0.4) is 0 Å². The standard InChI is InChI=1S/C15H24/c1-5-14(9-6-12(2)3)15-10-7-13(4)8-11-15/h5-6,9,13,15H,1,7-8,10-11H2,2-4H3/b14-9+. The largest absolute Gasteiger partial charge is 0.0988 e. The first-order chi connectivity index (χ1) is 7.13. The minimum absolute atomic E-state index is 0.759. The number of rotatable bonds is 3. The maximum Gasteiger partial charge on any atom is -0.0162 e. The molecule has 1 rings (SSSR count). The van der Waals surface area contributed by atoms with Gasteiger partial charge in [-0.25, -0.2) is 0 Å². The Morgan fingerprint density at radius 3 is 2.13 bits per heavy atom. The molecule has 0 aromatic carbocycles. The van der Waals surface area contributed by atoms with Gasteiger partial charge in [-0.15, -0.1) is 0 Å². The van der Waals surface area contributed by atoms with Gasteiger partial charge in [-0.3, -0.25) is 0 Å². The molecule has 15 heavy (non-hydrogen) atoms. The molecule has 0 aliphatic heterocycles. The van der Waals surface area contributed by atoms with Crippen LogP contribution in [0.25, 0.3) is 0 Å². The van der Waals surface area contributed by atoms with Crippen LogP contribution in [-0.2, 0) is 0 Å². The van der Waals surface area contributed by atoms with Crippen LogP contribution in [0.5, 0.6) is 0 Å². The highest BCUT2D eigenvalue weighted by molar-refractivity contribution is 5.26. The lowest BCUT2D eigenvalue weighted by atomic mass is 9.79. The molecule has 0 aromatic heterocycles. The molecule has 0 aromatic rings. The van der Waals surface area contributed by atoms with Crippen molar-refractivity contribution in [1.29, 1.82) is 0 Å². The summed E-state index contributed by atoms with van der Waals surface area (Å²) in [5.74, 6) is 1.69. The van der Waals surface area contributed by atoms with Crippen molar-refractivity contribution < 1.29 is 0 Å². The molecule has 84 valence electrons. The van der Waals surface area contributed by atoms with Gasteiger partial charge in [-0.2, -0.15) is 0 Å². The highest BCUT2D eigenvalue weighted by Crippen LogP contribution is 2.33. The molecular weight excluding hydrogens is 180 g/mol. The predicted octanol–water partition coefficient (Wildman–Crippen LogP) is 4.89. The van der Waals surface area contributed by atoms with E-state index in [1.165, 1.54) is 36.8 Å². The average molecular weight is 204 g/mol. The van der Waals surface area contributed by atoms with Gasteiger partial charge in [-0.05, 0) is 44.1 Å². The molecule has 1 aliphatic carbocycles. The monoisotopic (exact) mass is 204 g/mol. The van der Waals surface area contributed by atoms with Crippen LogP contribution in [0.4, 0.5) is 0 Å². The maximum absolute atomic E-state index is 3.94. The van der Waals surface area contributed by atoms with Crippen LogP contribution in [0.15, 0.2) is 36.0 Å². The first-order valence-corrected chi connectivity index (χ1v) is 6.11. The molecular formula is C15H24. The fraction of sp³-hybridized carbons (Fsp3) is 0.600. The van der Waals surface area contributed by atoms with Crippen molar-refractivity contribution in [3.05, 3.63) is 36.0 Å². The molecule has 0 unspecified atom stereocenters. The van der Waals surface area contributed by atoms with E-state index < -0.39 is 0 Å². The zero-order valence-corrected chi connectivity index (χ0v) is 10.4. The normalized spacial score (nSPS) is 27.3. The maximum atomic E-state index is 3.94. The van der Waals surface area contributed by atoms with Gasteiger partial charge in [0.2, 0.25) is 0 Å². The summed E-state index contributed by atoms with van der Waals surface area (Å²) in [7, 11) is 0. The fourth-order valence-electron chi connectivity index (χ4n) is 2.23. The van der Waals surface area contributed by atoms with Gasteiger partial charge < -0.3 is 0 Å². The molecule has 0 saturated heterocycles. The Kier molecular flexibility index (Phi) is 4.87. The summed E-state index contributed by atoms with van der Waals surface area (Å²) in [6, 6.07) is 0. The number of hydrogen-bond acceptors (Lipinski definition) is 0. The van der Waals surface area contributed by atoms with Gasteiger partial charge in [0.1, 0.15) is 0 Å². The second-order valence-electron chi connectivity index (χ2n) is 5.07. The van der Waals surface area contributed by atoms with Crippen molar-refractivity contribution in [3.8, 4) is 0 Å². The first-order valence-electron chi connectivity index (χ1n) is 6.11. The van der Waals surface area contributed by atoms with Gasteiger partial charge in [0.25, 0.3) is 0 Å². The second kappa shape index (κ2) is 5.95. The highest BCUT2D eigenvalue weighted by atomic mass is 14.2. The summed E-state index contributed by atoms with van der Waals surface area (Å²) in [6.45, 7) is 10.6. The molecule has 1 aliphatic rings. The lowest BCUT2D eigenvalue weighted by Gasteiger charge is -2.26. The Morgan fingerprint density at radius 2 is 1.67 bits per heavy atom. The average Bonchev–Trinajstić information content (AvgIpc) is 2.21. The summed E-state index contributed by atoms with van der Waals surface area (Å²) in [6.07, 6.45) is 11.9. The van der Waals surface area contributed by atoms with Crippen LogP contribution in [0, 0.1) is 11.8 Å². The summed E-state index contributed by atoms with van der Waals surface area (Å²) in [5.41, 5.74) is 2.79. The van der Waals surface area contributed by atoms with Crippen molar-refractivity contribution in [1.82, 2.24) is 0 Å². The van der Waals surface area contributed by atoms with Crippen LogP contribution in [-0.4, -0.2) is 0 Å². The van der Waals surface area contributed by atoms with Gasteiger partial charge in [0, 0.05) is 0 Å². The van der Waals surface area contributed by atoms with E-state index >= 15 is 0 Å². The number of hydrogen-bond donors (Lipinski definition) is 0. The third kappa shape index (κ3) is 4.07. The van der Waals surface area contributed by atoms with Gasteiger partial charge in [-0.1, -0.05) is 50.1 Å². The van der Waals surface area contributed by atoms with E-state index in [0.29, 0.717) is 0 Å². The van der Waals surface area contributed by atoms with E-state index in [-0.39, 0.29) is 0 Å². The van der Waals surface area contributed by atoms with Crippen LogP contribution >= 0.6 is 0 Å². The fourth-order valence-corrected chi connectivity index (χ4v) is 2.23. The molecule has 0 N–H and O–H groups in total. The summed E-state index contributed by atoms with van der Waals surface area (Å²) in [4.78, 5) is 0. The van der Waals surface area contributed by atoms with E-state index in [4.69, 9.17) is 0 Å². The van der Waals surface area contributed by atoms with Crippen molar-refractivity contribution >= 4 is 0 Å². The molecule has 0 amide bonds. The molecule has 0 nitrogen and oxygen atoms in total. The third-order valence-electron chi connectivity index (χ3n) is 3.33. The van der Waals surface area contributed by atoms with E-state index in [9.17, 15) is 0 Å². The van der Waals surface area contributed by atoms with E-state index in [2.05, 4.69) is 39.5 Å². The van der Waals surface area contributed by atoms with E-state index in [1.807, 2.05) is 6.08 Å². The summed E-state index contributed by atoms with van der Waals surface area (Å²) < 4.78 is 0. The minimum Gasteiger partial charge on any atom is -0.0988 e. The Bertz CT molecular complexity index is 256. The molecule has 0 heteroatoms.